The summed E-state index contributed by atoms with van der Waals surface area (Å²) in [5.74, 6) is 0.375. The van der Waals surface area contributed by atoms with Crippen LogP contribution in [0, 0.1) is 0 Å². The lowest BCUT2D eigenvalue weighted by Gasteiger charge is -2.44. The first kappa shape index (κ1) is 19.0. The number of hydrogen-bond donors (Lipinski definition) is 0. The van der Waals surface area contributed by atoms with E-state index in [9.17, 15) is 4.79 Å². The van der Waals surface area contributed by atoms with Gasteiger partial charge in [0, 0.05) is 12.0 Å². The maximum absolute atomic E-state index is 12.4. The van der Waals surface area contributed by atoms with Crippen LogP contribution in [-0.2, 0) is 11.3 Å². The van der Waals surface area contributed by atoms with Crippen molar-refractivity contribution in [2.24, 2.45) is 0 Å². The first-order valence-electron chi connectivity index (χ1n) is 9.86. The van der Waals surface area contributed by atoms with E-state index in [1.807, 2.05) is 0 Å². The van der Waals surface area contributed by atoms with Gasteiger partial charge in [-0.1, -0.05) is 62.9 Å². The average molecular weight is 332 g/mol. The van der Waals surface area contributed by atoms with E-state index in [0.29, 0.717) is 5.91 Å². The van der Waals surface area contributed by atoms with Crippen LogP contribution in [0.4, 0.5) is 0 Å². The van der Waals surface area contributed by atoms with E-state index in [2.05, 4.69) is 49.1 Å². The molecular formula is C21H35N2O+. The van der Waals surface area contributed by atoms with Gasteiger partial charge in [0.1, 0.15) is 6.54 Å². The highest BCUT2D eigenvalue weighted by Crippen LogP contribution is 2.19. The van der Waals surface area contributed by atoms with Crippen molar-refractivity contribution in [3.05, 3.63) is 35.9 Å². The van der Waals surface area contributed by atoms with Crippen LogP contribution >= 0.6 is 0 Å². The SMILES string of the molecule is CCCCCCCC(=O)N1CC[N+](CC)(Cc2ccccc2)CC1. The van der Waals surface area contributed by atoms with Crippen molar-refractivity contribution in [2.75, 3.05) is 32.7 Å². The highest BCUT2D eigenvalue weighted by Gasteiger charge is 2.33. The average Bonchev–Trinajstić information content (AvgIpc) is 2.63. The summed E-state index contributed by atoms with van der Waals surface area (Å²) < 4.78 is 1.12. The maximum atomic E-state index is 12.4. The van der Waals surface area contributed by atoms with Gasteiger partial charge in [-0.05, 0) is 13.3 Å². The molecule has 24 heavy (non-hydrogen) atoms. The van der Waals surface area contributed by atoms with Crippen molar-refractivity contribution >= 4 is 5.91 Å². The Hall–Kier alpha value is -1.35. The zero-order valence-corrected chi connectivity index (χ0v) is 15.7. The molecule has 1 aliphatic heterocycles. The van der Waals surface area contributed by atoms with E-state index in [1.165, 1.54) is 31.2 Å². The molecule has 0 saturated carbocycles. The summed E-state index contributed by atoms with van der Waals surface area (Å²) in [6.07, 6.45) is 6.85. The predicted octanol–water partition coefficient (Wildman–Crippen LogP) is 4.23. The van der Waals surface area contributed by atoms with E-state index >= 15 is 0 Å². The lowest BCUT2D eigenvalue weighted by molar-refractivity contribution is -0.942. The number of carbonyl (C=O) groups excluding carboxylic acids is 1. The third-order valence-corrected chi connectivity index (χ3v) is 5.57. The first-order chi connectivity index (χ1) is 11.7. The molecule has 1 fully saturated rings. The van der Waals surface area contributed by atoms with Gasteiger partial charge in [0.05, 0.1) is 32.7 Å². The topological polar surface area (TPSA) is 20.3 Å². The van der Waals surface area contributed by atoms with Crippen LogP contribution < -0.4 is 0 Å². The van der Waals surface area contributed by atoms with Crippen LogP contribution in [0.3, 0.4) is 0 Å². The van der Waals surface area contributed by atoms with E-state index < -0.39 is 0 Å². The zero-order valence-electron chi connectivity index (χ0n) is 15.7. The molecule has 1 aromatic rings. The molecule has 0 atom stereocenters. The Morgan fingerprint density at radius 2 is 1.67 bits per heavy atom. The first-order valence-corrected chi connectivity index (χ1v) is 9.86. The van der Waals surface area contributed by atoms with Gasteiger partial charge < -0.3 is 9.38 Å². The van der Waals surface area contributed by atoms with Gasteiger partial charge in [-0.25, -0.2) is 0 Å². The summed E-state index contributed by atoms with van der Waals surface area (Å²) >= 11 is 0. The number of amides is 1. The second-order valence-electron chi connectivity index (χ2n) is 7.29. The molecule has 3 nitrogen and oxygen atoms in total. The van der Waals surface area contributed by atoms with Crippen LogP contribution in [0.15, 0.2) is 30.3 Å². The van der Waals surface area contributed by atoms with Crippen molar-refractivity contribution in [2.45, 2.75) is 58.9 Å². The van der Waals surface area contributed by atoms with Crippen LogP contribution in [-0.4, -0.2) is 48.0 Å². The highest BCUT2D eigenvalue weighted by atomic mass is 16.2. The summed E-state index contributed by atoms with van der Waals surface area (Å²) in [6, 6.07) is 10.8. The van der Waals surface area contributed by atoms with Crippen LogP contribution in [0.1, 0.15) is 57.9 Å². The number of piperazine rings is 1. The number of benzene rings is 1. The summed E-state index contributed by atoms with van der Waals surface area (Å²) in [5.41, 5.74) is 1.41. The lowest BCUT2D eigenvalue weighted by Crippen LogP contribution is -2.59. The lowest BCUT2D eigenvalue weighted by atomic mass is 10.1. The van der Waals surface area contributed by atoms with Crippen molar-refractivity contribution in [1.82, 2.24) is 4.90 Å². The van der Waals surface area contributed by atoms with Gasteiger partial charge in [0.15, 0.2) is 0 Å². The number of quaternary nitrogens is 1. The molecular weight excluding hydrogens is 296 g/mol. The monoisotopic (exact) mass is 331 g/mol. The van der Waals surface area contributed by atoms with Crippen molar-refractivity contribution < 1.29 is 9.28 Å². The maximum Gasteiger partial charge on any atom is 0.222 e. The van der Waals surface area contributed by atoms with Gasteiger partial charge in [0.2, 0.25) is 5.91 Å². The fourth-order valence-corrected chi connectivity index (χ4v) is 3.73. The largest absolute Gasteiger partial charge is 0.331 e. The molecule has 1 heterocycles. The van der Waals surface area contributed by atoms with Gasteiger partial charge in [-0.2, -0.15) is 0 Å². The molecule has 1 saturated heterocycles. The van der Waals surface area contributed by atoms with Gasteiger partial charge >= 0.3 is 0 Å². The van der Waals surface area contributed by atoms with Crippen molar-refractivity contribution in [1.29, 1.82) is 0 Å². The standard InChI is InChI=1S/C21H35N2O/c1-3-5-6-7-11-14-21(24)22-15-17-23(4-2,18-16-22)19-20-12-9-8-10-13-20/h8-10,12-13H,3-7,11,14-19H2,1-2H3/q+1. The molecule has 0 bridgehead atoms. The molecule has 0 radical (unpaired) electrons. The number of unbranched alkanes of at least 4 members (excludes halogenated alkanes) is 4. The van der Waals surface area contributed by atoms with E-state index in [0.717, 1.165) is 56.6 Å². The van der Waals surface area contributed by atoms with Crippen LogP contribution in [0.5, 0.6) is 0 Å². The molecule has 0 unspecified atom stereocenters. The second kappa shape index (κ2) is 9.83. The zero-order chi connectivity index (χ0) is 17.3. The summed E-state index contributed by atoms with van der Waals surface area (Å²) in [7, 11) is 0. The number of rotatable bonds is 9. The van der Waals surface area contributed by atoms with Gasteiger partial charge in [-0.15, -0.1) is 0 Å². The molecule has 2 rings (SSSR count). The number of carbonyl (C=O) groups is 1. The molecule has 0 spiro atoms. The molecule has 1 amide bonds. The highest BCUT2D eigenvalue weighted by molar-refractivity contribution is 5.76. The van der Waals surface area contributed by atoms with Crippen molar-refractivity contribution in [3.63, 3.8) is 0 Å². The Kier molecular flexibility index (Phi) is 7.77. The predicted molar refractivity (Wildman–Crippen MR) is 101 cm³/mol. The molecule has 3 heteroatoms. The molecule has 1 aliphatic rings. The normalized spacial score (nSPS) is 17.0. The number of nitrogens with zero attached hydrogens (tertiary/aromatic N) is 2. The molecule has 0 aliphatic carbocycles. The third kappa shape index (κ3) is 5.62. The minimum Gasteiger partial charge on any atom is -0.331 e. The molecule has 1 aromatic carbocycles. The fraction of sp³-hybridized carbons (Fsp3) is 0.667. The van der Waals surface area contributed by atoms with E-state index in [1.54, 1.807) is 0 Å². The van der Waals surface area contributed by atoms with Gasteiger partial charge in [0.25, 0.3) is 0 Å². The minimum atomic E-state index is 0.375. The molecule has 0 aromatic heterocycles. The molecule has 134 valence electrons. The van der Waals surface area contributed by atoms with E-state index in [4.69, 9.17) is 0 Å². The Morgan fingerprint density at radius 1 is 1.00 bits per heavy atom. The number of hydrogen-bond acceptors (Lipinski definition) is 1. The van der Waals surface area contributed by atoms with Crippen molar-refractivity contribution in [3.8, 4) is 0 Å². The quantitative estimate of drug-likeness (QED) is 0.490. The van der Waals surface area contributed by atoms with E-state index in [-0.39, 0.29) is 0 Å². The third-order valence-electron chi connectivity index (χ3n) is 5.57. The Morgan fingerprint density at radius 3 is 2.29 bits per heavy atom. The van der Waals surface area contributed by atoms with Crippen LogP contribution in [0.2, 0.25) is 0 Å². The summed E-state index contributed by atoms with van der Waals surface area (Å²) in [4.78, 5) is 14.5. The minimum absolute atomic E-state index is 0.375. The Bertz CT molecular complexity index is 478. The van der Waals surface area contributed by atoms with Crippen LogP contribution in [0.25, 0.3) is 0 Å². The fourth-order valence-electron chi connectivity index (χ4n) is 3.73. The Labute approximate surface area is 148 Å². The van der Waals surface area contributed by atoms with Gasteiger partial charge in [-0.3, -0.25) is 4.79 Å². The summed E-state index contributed by atoms with van der Waals surface area (Å²) in [5, 5.41) is 0. The second-order valence-corrected chi connectivity index (χ2v) is 7.29. The smallest absolute Gasteiger partial charge is 0.222 e. The molecule has 0 N–H and O–H groups in total. The summed E-state index contributed by atoms with van der Waals surface area (Å²) in [6.45, 7) is 10.8. The number of likely N-dealkylation sites (N-methyl/N-ethyl adjacent to an activating group) is 1. The Balaban J connectivity index is 1.77.